The van der Waals surface area contributed by atoms with Crippen LogP contribution in [0, 0.1) is 6.92 Å². The summed E-state index contributed by atoms with van der Waals surface area (Å²) in [6, 6.07) is 3.38. The van der Waals surface area contributed by atoms with E-state index < -0.39 is 0 Å². The highest BCUT2D eigenvalue weighted by Crippen LogP contribution is 2.27. The van der Waals surface area contributed by atoms with Gasteiger partial charge in [0.1, 0.15) is 0 Å². The van der Waals surface area contributed by atoms with Crippen molar-refractivity contribution in [3.05, 3.63) is 39.6 Å². The molecule has 0 bridgehead atoms. The average molecular weight is 356 g/mol. The van der Waals surface area contributed by atoms with Crippen LogP contribution in [-0.2, 0) is 7.05 Å². The van der Waals surface area contributed by atoms with Crippen LogP contribution >= 0.6 is 0 Å². The number of aromatic amines is 1. The molecule has 0 spiro atoms. The molecule has 0 aromatic carbocycles. The zero-order chi connectivity index (χ0) is 18.3. The van der Waals surface area contributed by atoms with Crippen LogP contribution in [0.4, 0.5) is 5.95 Å². The molecule has 2 aliphatic heterocycles. The summed E-state index contributed by atoms with van der Waals surface area (Å²) in [4.78, 5) is 36.2. The molecule has 4 heterocycles. The van der Waals surface area contributed by atoms with Gasteiger partial charge < -0.3 is 9.80 Å². The van der Waals surface area contributed by atoms with E-state index in [1.165, 1.54) is 0 Å². The largest absolute Gasteiger partial charge is 0.342 e. The standard InChI is InChI=1S/C18H24N6O2/c1-12-9-15(21-22(12)2)17(26)24-8-5-13(11-24)14-10-16(25)20-18(19-14)23-6-3-4-7-23/h9-10,13H,3-8,11H2,1-2H3,(H,19,20,25). The second-order valence-electron chi connectivity index (χ2n) is 7.22. The van der Waals surface area contributed by atoms with Crippen LogP contribution in [0.3, 0.4) is 0 Å². The van der Waals surface area contributed by atoms with Gasteiger partial charge in [0, 0.05) is 50.9 Å². The maximum Gasteiger partial charge on any atom is 0.274 e. The fourth-order valence-electron chi connectivity index (χ4n) is 3.76. The van der Waals surface area contributed by atoms with Gasteiger partial charge in [-0.1, -0.05) is 0 Å². The Labute approximate surface area is 151 Å². The third kappa shape index (κ3) is 3.11. The van der Waals surface area contributed by atoms with Gasteiger partial charge in [-0.15, -0.1) is 0 Å². The van der Waals surface area contributed by atoms with E-state index in [-0.39, 0.29) is 17.4 Å². The van der Waals surface area contributed by atoms with E-state index in [9.17, 15) is 9.59 Å². The number of aryl methyl sites for hydroxylation is 2. The molecular weight excluding hydrogens is 332 g/mol. The summed E-state index contributed by atoms with van der Waals surface area (Å²) in [6.45, 7) is 5.02. The molecule has 8 heteroatoms. The number of anilines is 1. The Kier molecular flexibility index (Phi) is 4.26. The molecule has 1 atom stereocenters. The quantitative estimate of drug-likeness (QED) is 0.888. The molecular formula is C18H24N6O2. The smallest absolute Gasteiger partial charge is 0.274 e. The van der Waals surface area contributed by atoms with Crippen LogP contribution in [0.2, 0.25) is 0 Å². The molecule has 1 N–H and O–H groups in total. The first kappa shape index (κ1) is 16.8. The molecule has 4 rings (SSSR count). The highest BCUT2D eigenvalue weighted by molar-refractivity contribution is 5.92. The summed E-state index contributed by atoms with van der Waals surface area (Å²) < 4.78 is 1.71. The number of aromatic nitrogens is 4. The molecule has 1 amide bonds. The van der Waals surface area contributed by atoms with E-state index >= 15 is 0 Å². The summed E-state index contributed by atoms with van der Waals surface area (Å²) in [5, 5.41) is 4.28. The number of nitrogens with one attached hydrogen (secondary N) is 1. The number of carbonyl (C=O) groups is 1. The van der Waals surface area contributed by atoms with Gasteiger partial charge in [-0.25, -0.2) is 4.98 Å². The lowest BCUT2D eigenvalue weighted by Crippen LogP contribution is -2.29. The van der Waals surface area contributed by atoms with E-state index in [0.717, 1.165) is 43.7 Å². The van der Waals surface area contributed by atoms with Crippen molar-refractivity contribution in [1.29, 1.82) is 0 Å². The monoisotopic (exact) mass is 356 g/mol. The van der Waals surface area contributed by atoms with Crippen molar-refractivity contribution in [2.24, 2.45) is 7.05 Å². The van der Waals surface area contributed by atoms with Gasteiger partial charge in [-0.05, 0) is 32.3 Å². The predicted molar refractivity (Wildman–Crippen MR) is 97.5 cm³/mol. The lowest BCUT2D eigenvalue weighted by molar-refractivity contribution is 0.0784. The van der Waals surface area contributed by atoms with E-state index in [0.29, 0.717) is 24.7 Å². The highest BCUT2D eigenvalue weighted by atomic mass is 16.2. The fourth-order valence-corrected chi connectivity index (χ4v) is 3.76. The molecule has 0 aliphatic carbocycles. The van der Waals surface area contributed by atoms with Crippen molar-refractivity contribution >= 4 is 11.9 Å². The van der Waals surface area contributed by atoms with Crippen molar-refractivity contribution in [3.8, 4) is 0 Å². The summed E-state index contributed by atoms with van der Waals surface area (Å²) in [5.41, 5.74) is 2.09. The summed E-state index contributed by atoms with van der Waals surface area (Å²) in [7, 11) is 1.83. The third-order valence-electron chi connectivity index (χ3n) is 5.38. The van der Waals surface area contributed by atoms with E-state index in [4.69, 9.17) is 4.98 Å². The highest BCUT2D eigenvalue weighted by Gasteiger charge is 2.31. The summed E-state index contributed by atoms with van der Waals surface area (Å²) in [6.07, 6.45) is 3.07. The Hall–Kier alpha value is -2.64. The second-order valence-corrected chi connectivity index (χ2v) is 7.22. The Morgan fingerprint density at radius 1 is 1.23 bits per heavy atom. The number of hydrogen-bond acceptors (Lipinski definition) is 5. The molecule has 1 unspecified atom stereocenters. The maximum atomic E-state index is 12.7. The Balaban J connectivity index is 1.51. The topological polar surface area (TPSA) is 87.1 Å². The number of amides is 1. The van der Waals surface area contributed by atoms with Gasteiger partial charge in [-0.3, -0.25) is 19.3 Å². The number of nitrogens with zero attached hydrogens (tertiary/aromatic N) is 5. The number of H-pyrrole nitrogens is 1. The van der Waals surface area contributed by atoms with E-state index in [2.05, 4.69) is 15.0 Å². The van der Waals surface area contributed by atoms with Crippen LogP contribution in [0.25, 0.3) is 0 Å². The van der Waals surface area contributed by atoms with Gasteiger partial charge in [0.25, 0.3) is 11.5 Å². The number of rotatable bonds is 3. The molecule has 138 valence electrons. The SMILES string of the molecule is Cc1cc(C(=O)N2CCC(c3cc(=O)[nH]c(N4CCCC4)n3)C2)nn1C. The van der Waals surface area contributed by atoms with Crippen molar-refractivity contribution in [3.63, 3.8) is 0 Å². The lowest BCUT2D eigenvalue weighted by Gasteiger charge is -2.18. The maximum absolute atomic E-state index is 12.7. The molecule has 2 aromatic heterocycles. The minimum Gasteiger partial charge on any atom is -0.342 e. The summed E-state index contributed by atoms with van der Waals surface area (Å²) >= 11 is 0. The van der Waals surface area contributed by atoms with E-state index in [1.807, 2.05) is 24.9 Å². The predicted octanol–water partition coefficient (Wildman–Crippen LogP) is 1.04. The Morgan fingerprint density at radius 3 is 2.69 bits per heavy atom. The molecule has 26 heavy (non-hydrogen) atoms. The van der Waals surface area contributed by atoms with Crippen LogP contribution < -0.4 is 10.5 Å². The number of carbonyl (C=O) groups excluding carboxylic acids is 1. The molecule has 2 saturated heterocycles. The number of likely N-dealkylation sites (tertiary alicyclic amines) is 1. The molecule has 2 fully saturated rings. The Bertz CT molecular complexity index is 861. The zero-order valence-corrected chi connectivity index (χ0v) is 15.2. The van der Waals surface area contributed by atoms with Gasteiger partial charge in [0.2, 0.25) is 5.95 Å². The minimum atomic E-state index is -0.123. The molecule has 8 nitrogen and oxygen atoms in total. The van der Waals surface area contributed by atoms with Crippen LogP contribution in [0.15, 0.2) is 16.9 Å². The molecule has 2 aliphatic rings. The second kappa shape index (κ2) is 6.59. The first-order valence-electron chi connectivity index (χ1n) is 9.17. The van der Waals surface area contributed by atoms with Crippen LogP contribution in [0.5, 0.6) is 0 Å². The first-order chi connectivity index (χ1) is 12.5. The van der Waals surface area contributed by atoms with Gasteiger partial charge >= 0.3 is 0 Å². The zero-order valence-electron chi connectivity index (χ0n) is 15.2. The lowest BCUT2D eigenvalue weighted by atomic mass is 10.1. The molecule has 0 radical (unpaired) electrons. The molecule has 2 aromatic rings. The first-order valence-corrected chi connectivity index (χ1v) is 9.17. The Morgan fingerprint density at radius 2 is 2.00 bits per heavy atom. The minimum absolute atomic E-state index is 0.0548. The van der Waals surface area contributed by atoms with Crippen LogP contribution in [0.1, 0.15) is 47.1 Å². The van der Waals surface area contributed by atoms with Crippen molar-refractivity contribution < 1.29 is 4.79 Å². The number of hydrogen-bond donors (Lipinski definition) is 1. The van der Waals surface area contributed by atoms with E-state index in [1.54, 1.807) is 10.7 Å². The van der Waals surface area contributed by atoms with Gasteiger partial charge in [0.15, 0.2) is 5.69 Å². The fraction of sp³-hybridized carbons (Fsp3) is 0.556. The van der Waals surface area contributed by atoms with Crippen molar-refractivity contribution in [2.45, 2.75) is 32.1 Å². The summed E-state index contributed by atoms with van der Waals surface area (Å²) in [5.74, 6) is 0.698. The van der Waals surface area contributed by atoms with Crippen molar-refractivity contribution in [2.75, 3.05) is 31.1 Å². The molecule has 0 saturated carbocycles. The van der Waals surface area contributed by atoms with Gasteiger partial charge in [-0.2, -0.15) is 5.10 Å². The third-order valence-corrected chi connectivity index (χ3v) is 5.38. The van der Waals surface area contributed by atoms with Crippen LogP contribution in [-0.4, -0.2) is 56.7 Å². The van der Waals surface area contributed by atoms with Crippen molar-refractivity contribution in [1.82, 2.24) is 24.6 Å². The normalized spacial score (nSPS) is 20.2. The van der Waals surface area contributed by atoms with Gasteiger partial charge in [0.05, 0.1) is 5.69 Å². The average Bonchev–Trinajstić information content (AvgIpc) is 3.35.